The van der Waals surface area contributed by atoms with Crippen LogP contribution in [0.3, 0.4) is 0 Å². The zero-order valence-corrected chi connectivity index (χ0v) is 10.3. The van der Waals surface area contributed by atoms with E-state index in [9.17, 15) is 4.79 Å². The highest BCUT2D eigenvalue weighted by molar-refractivity contribution is 5.91. The van der Waals surface area contributed by atoms with E-state index in [4.69, 9.17) is 0 Å². The van der Waals surface area contributed by atoms with E-state index in [0.29, 0.717) is 29.5 Å². The van der Waals surface area contributed by atoms with Crippen LogP contribution in [0.15, 0.2) is 37.5 Å². The molecule has 0 aromatic heterocycles. The average Bonchev–Trinajstić information content (AvgIpc) is 2.94. The summed E-state index contributed by atoms with van der Waals surface area (Å²) in [6.45, 7) is 7.66. The summed E-state index contributed by atoms with van der Waals surface area (Å²) in [5, 5.41) is 0. The number of hydrogen-bond acceptors (Lipinski definition) is 1. The predicted molar refractivity (Wildman–Crippen MR) is 69.4 cm³/mol. The molecule has 3 rings (SSSR count). The Morgan fingerprint density at radius 3 is 2.47 bits per heavy atom. The first-order valence-electron chi connectivity index (χ1n) is 6.66. The van der Waals surface area contributed by atoms with Gasteiger partial charge in [0.25, 0.3) is 0 Å². The first-order valence-corrected chi connectivity index (χ1v) is 6.66. The Labute approximate surface area is 103 Å². The Morgan fingerprint density at radius 1 is 1.24 bits per heavy atom. The Balaban J connectivity index is 1.93. The molecule has 0 aromatic rings. The van der Waals surface area contributed by atoms with Gasteiger partial charge in [0.1, 0.15) is 5.78 Å². The number of ketones is 1. The van der Waals surface area contributed by atoms with Crippen molar-refractivity contribution >= 4 is 5.78 Å². The second kappa shape index (κ2) is 3.69. The van der Waals surface area contributed by atoms with Crippen molar-refractivity contribution in [2.24, 2.45) is 29.1 Å². The van der Waals surface area contributed by atoms with Crippen LogP contribution in [0.5, 0.6) is 0 Å². The number of allylic oxidation sites excluding steroid dienone is 4. The van der Waals surface area contributed by atoms with Crippen molar-refractivity contribution in [1.82, 2.24) is 0 Å². The quantitative estimate of drug-likeness (QED) is 0.673. The lowest BCUT2D eigenvalue weighted by molar-refractivity contribution is -0.129. The van der Waals surface area contributed by atoms with Gasteiger partial charge in [0.15, 0.2) is 0 Å². The van der Waals surface area contributed by atoms with Gasteiger partial charge in [0.2, 0.25) is 0 Å². The molecule has 0 aliphatic heterocycles. The van der Waals surface area contributed by atoms with E-state index >= 15 is 0 Å². The molecule has 4 atom stereocenters. The van der Waals surface area contributed by atoms with Gasteiger partial charge in [-0.2, -0.15) is 0 Å². The Bertz CT molecular complexity index is 394. The summed E-state index contributed by atoms with van der Waals surface area (Å²) in [5.41, 5.74) is -0.165. The van der Waals surface area contributed by atoms with Crippen LogP contribution in [0.1, 0.15) is 25.7 Å². The van der Waals surface area contributed by atoms with E-state index in [-0.39, 0.29) is 5.41 Å². The molecule has 3 aliphatic carbocycles. The van der Waals surface area contributed by atoms with Crippen LogP contribution in [-0.4, -0.2) is 5.78 Å². The molecule has 0 radical (unpaired) electrons. The molecule has 90 valence electrons. The van der Waals surface area contributed by atoms with Gasteiger partial charge in [-0.25, -0.2) is 0 Å². The van der Waals surface area contributed by atoms with Crippen LogP contribution < -0.4 is 0 Å². The van der Waals surface area contributed by atoms with Crippen molar-refractivity contribution in [1.29, 1.82) is 0 Å². The number of carbonyl (C=O) groups excluding carboxylic acids is 1. The molecule has 0 aromatic carbocycles. The zero-order valence-electron chi connectivity index (χ0n) is 10.3. The number of hydrogen-bond donors (Lipinski definition) is 0. The standard InChI is InChI=1S/C16H20O/c1-3-7-16(8-4-2)10-13-11-5-6-12(9-11)14(13)15(16)17/h3-6,11-14H,1-2,7-10H2/t11?,12?,13-,14+/m0/s1. The van der Waals surface area contributed by atoms with E-state index < -0.39 is 0 Å². The maximum atomic E-state index is 12.7. The highest BCUT2D eigenvalue weighted by atomic mass is 16.1. The maximum Gasteiger partial charge on any atom is 0.143 e. The molecular weight excluding hydrogens is 208 g/mol. The van der Waals surface area contributed by atoms with Gasteiger partial charge >= 0.3 is 0 Å². The minimum atomic E-state index is -0.165. The molecule has 0 N–H and O–H groups in total. The fraction of sp³-hybridized carbons (Fsp3) is 0.562. The minimum Gasteiger partial charge on any atom is -0.299 e. The van der Waals surface area contributed by atoms with Crippen LogP contribution >= 0.6 is 0 Å². The van der Waals surface area contributed by atoms with Crippen molar-refractivity contribution in [2.45, 2.75) is 25.7 Å². The topological polar surface area (TPSA) is 17.1 Å². The van der Waals surface area contributed by atoms with Gasteiger partial charge in [0.05, 0.1) is 0 Å². The molecule has 0 spiro atoms. The van der Waals surface area contributed by atoms with Crippen LogP contribution in [0.25, 0.3) is 0 Å². The molecule has 1 nitrogen and oxygen atoms in total. The fourth-order valence-electron chi connectivity index (χ4n) is 4.50. The summed E-state index contributed by atoms with van der Waals surface area (Å²) >= 11 is 0. The van der Waals surface area contributed by atoms with Gasteiger partial charge in [-0.3, -0.25) is 4.79 Å². The zero-order chi connectivity index (χ0) is 12.0. The normalized spacial score (nSPS) is 40.6. The van der Waals surface area contributed by atoms with E-state index in [2.05, 4.69) is 25.3 Å². The van der Waals surface area contributed by atoms with Gasteiger partial charge in [0, 0.05) is 11.3 Å². The lowest BCUT2D eigenvalue weighted by atomic mass is 9.76. The molecular formula is C16H20O. The minimum absolute atomic E-state index is 0.165. The third-order valence-electron chi connectivity index (χ3n) is 5.14. The maximum absolute atomic E-state index is 12.7. The van der Waals surface area contributed by atoms with Crippen molar-refractivity contribution in [3.63, 3.8) is 0 Å². The summed E-state index contributed by atoms with van der Waals surface area (Å²) in [6, 6.07) is 0. The van der Waals surface area contributed by atoms with Crippen molar-refractivity contribution in [3.8, 4) is 0 Å². The van der Waals surface area contributed by atoms with Gasteiger partial charge in [-0.15, -0.1) is 13.2 Å². The Hall–Kier alpha value is -1.11. The third-order valence-corrected chi connectivity index (χ3v) is 5.14. The van der Waals surface area contributed by atoms with Crippen molar-refractivity contribution in [3.05, 3.63) is 37.5 Å². The Kier molecular flexibility index (Phi) is 2.39. The molecule has 17 heavy (non-hydrogen) atoms. The van der Waals surface area contributed by atoms with E-state index in [0.717, 1.165) is 19.3 Å². The van der Waals surface area contributed by atoms with E-state index in [1.54, 1.807) is 0 Å². The van der Waals surface area contributed by atoms with Crippen LogP contribution in [0, 0.1) is 29.1 Å². The number of fused-ring (bicyclic) bond motifs is 5. The monoisotopic (exact) mass is 228 g/mol. The second-order valence-electron chi connectivity index (χ2n) is 5.97. The van der Waals surface area contributed by atoms with Crippen molar-refractivity contribution in [2.75, 3.05) is 0 Å². The first-order chi connectivity index (χ1) is 8.22. The summed E-state index contributed by atoms with van der Waals surface area (Å²) in [7, 11) is 0. The molecule has 2 saturated carbocycles. The highest BCUT2D eigenvalue weighted by Crippen LogP contribution is 2.60. The Morgan fingerprint density at radius 2 is 1.88 bits per heavy atom. The molecule has 0 saturated heterocycles. The molecule has 2 unspecified atom stereocenters. The molecule has 3 aliphatic rings. The van der Waals surface area contributed by atoms with Gasteiger partial charge in [-0.1, -0.05) is 24.3 Å². The molecule has 0 heterocycles. The van der Waals surface area contributed by atoms with Crippen LogP contribution in [0.4, 0.5) is 0 Å². The molecule has 1 heteroatoms. The summed E-state index contributed by atoms with van der Waals surface area (Å²) in [4.78, 5) is 12.7. The molecule has 2 fully saturated rings. The van der Waals surface area contributed by atoms with Gasteiger partial charge in [-0.05, 0) is 43.4 Å². The van der Waals surface area contributed by atoms with Gasteiger partial charge < -0.3 is 0 Å². The fourth-order valence-corrected chi connectivity index (χ4v) is 4.50. The number of rotatable bonds is 4. The number of carbonyl (C=O) groups is 1. The summed E-state index contributed by atoms with van der Waals surface area (Å²) in [5.74, 6) is 2.63. The van der Waals surface area contributed by atoms with Crippen LogP contribution in [0.2, 0.25) is 0 Å². The predicted octanol–water partition coefficient (Wildman–Crippen LogP) is 3.54. The van der Waals surface area contributed by atoms with E-state index in [1.165, 1.54) is 6.42 Å². The smallest absolute Gasteiger partial charge is 0.143 e. The molecule has 2 bridgehead atoms. The molecule has 0 amide bonds. The number of Topliss-reactive ketones (excluding diaryl/α,β-unsaturated/α-hetero) is 1. The second-order valence-corrected chi connectivity index (χ2v) is 5.97. The average molecular weight is 228 g/mol. The van der Waals surface area contributed by atoms with E-state index in [1.807, 2.05) is 12.2 Å². The highest BCUT2D eigenvalue weighted by Gasteiger charge is 2.59. The summed E-state index contributed by atoms with van der Waals surface area (Å²) in [6.07, 6.45) is 12.4. The SMILES string of the molecule is C=CCC1(CC=C)C[C@H]2C3C=CC(C3)[C@H]2C1=O. The largest absolute Gasteiger partial charge is 0.299 e. The van der Waals surface area contributed by atoms with Crippen LogP contribution in [-0.2, 0) is 4.79 Å². The lowest BCUT2D eigenvalue weighted by Crippen LogP contribution is -2.29. The lowest BCUT2D eigenvalue weighted by Gasteiger charge is -2.26. The first kappa shape index (κ1) is 11.0. The summed E-state index contributed by atoms with van der Waals surface area (Å²) < 4.78 is 0. The van der Waals surface area contributed by atoms with Crippen molar-refractivity contribution < 1.29 is 4.79 Å². The third kappa shape index (κ3) is 1.34.